The Labute approximate surface area is 115 Å². The molecule has 0 aliphatic carbocycles. The molecule has 0 bridgehead atoms. The number of Topliss-reactive ketones (excluding diaryl/α,β-unsaturated/α-hetero) is 1. The molecule has 0 saturated carbocycles. The second-order valence-electron chi connectivity index (χ2n) is 5.15. The van der Waals surface area contributed by atoms with Crippen LogP contribution in [0.25, 0.3) is 0 Å². The molecular formula is C16H22N2O. The van der Waals surface area contributed by atoms with Crippen molar-refractivity contribution in [3.05, 3.63) is 34.4 Å². The lowest BCUT2D eigenvalue weighted by Crippen LogP contribution is -2.27. The van der Waals surface area contributed by atoms with Gasteiger partial charge in [0.05, 0.1) is 19.0 Å². The summed E-state index contributed by atoms with van der Waals surface area (Å²) in [6.07, 6.45) is 0.941. The summed E-state index contributed by atoms with van der Waals surface area (Å²) in [6, 6.07) is 6.21. The zero-order chi connectivity index (χ0) is 14.4. The van der Waals surface area contributed by atoms with E-state index in [-0.39, 0.29) is 12.2 Å². The smallest absolute Gasteiger partial charge is 0.160 e. The molecule has 0 fully saturated rings. The summed E-state index contributed by atoms with van der Waals surface area (Å²) >= 11 is 0. The first-order valence-corrected chi connectivity index (χ1v) is 6.58. The van der Waals surface area contributed by atoms with Crippen molar-refractivity contribution in [3.8, 4) is 6.07 Å². The molecule has 0 aromatic heterocycles. The number of rotatable bonds is 6. The number of carbonyl (C=O) groups excluding carboxylic acids is 1. The largest absolute Gasteiger partial charge is 0.299 e. The molecule has 0 heterocycles. The Balaban J connectivity index is 2.56. The van der Waals surface area contributed by atoms with Gasteiger partial charge in [-0.1, -0.05) is 12.1 Å². The number of benzene rings is 1. The first-order valence-electron chi connectivity index (χ1n) is 6.58. The third-order valence-corrected chi connectivity index (χ3v) is 3.66. The van der Waals surface area contributed by atoms with Crippen molar-refractivity contribution >= 4 is 5.78 Å². The van der Waals surface area contributed by atoms with E-state index in [1.807, 2.05) is 18.0 Å². The summed E-state index contributed by atoms with van der Waals surface area (Å²) in [5.74, 6) is -0.0122. The quantitative estimate of drug-likeness (QED) is 0.787. The molecule has 0 saturated heterocycles. The fourth-order valence-electron chi connectivity index (χ4n) is 2.12. The van der Waals surface area contributed by atoms with E-state index < -0.39 is 0 Å². The molecule has 0 amide bonds. The highest BCUT2D eigenvalue weighted by molar-refractivity contribution is 5.82. The summed E-state index contributed by atoms with van der Waals surface area (Å²) in [5, 5.41) is 8.46. The van der Waals surface area contributed by atoms with Gasteiger partial charge in [0.25, 0.3) is 0 Å². The number of aryl methyl sites for hydroxylation is 1. The zero-order valence-electron chi connectivity index (χ0n) is 12.3. The van der Waals surface area contributed by atoms with Gasteiger partial charge in [0.1, 0.15) is 0 Å². The average Bonchev–Trinajstić information content (AvgIpc) is 2.35. The second-order valence-corrected chi connectivity index (χ2v) is 5.15. The van der Waals surface area contributed by atoms with E-state index >= 15 is 0 Å². The number of hydrogen-bond acceptors (Lipinski definition) is 3. The topological polar surface area (TPSA) is 44.1 Å². The summed E-state index contributed by atoms with van der Waals surface area (Å²) in [6.45, 7) is 7.61. The van der Waals surface area contributed by atoms with Gasteiger partial charge in [0.15, 0.2) is 5.78 Å². The number of carbonyl (C=O) groups is 1. The van der Waals surface area contributed by atoms with Gasteiger partial charge in [-0.15, -0.1) is 0 Å². The molecule has 102 valence electrons. The lowest BCUT2D eigenvalue weighted by atomic mass is 9.97. The third kappa shape index (κ3) is 4.50. The molecule has 0 radical (unpaired) electrons. The average molecular weight is 258 g/mol. The van der Waals surface area contributed by atoms with Crippen LogP contribution in [0.2, 0.25) is 0 Å². The Hall–Kier alpha value is -1.66. The minimum atomic E-state index is -0.0122. The van der Waals surface area contributed by atoms with Gasteiger partial charge >= 0.3 is 0 Å². The Morgan fingerprint density at radius 1 is 1.26 bits per heavy atom. The van der Waals surface area contributed by atoms with Gasteiger partial charge in [0, 0.05) is 6.54 Å². The number of hydrogen-bond donors (Lipinski definition) is 0. The Morgan fingerprint density at radius 2 is 1.95 bits per heavy atom. The van der Waals surface area contributed by atoms with Crippen LogP contribution < -0.4 is 0 Å². The Morgan fingerprint density at radius 3 is 2.58 bits per heavy atom. The standard InChI is InChI=1S/C16H22N2O/c1-12-5-6-15(14(3)13(12)2)8-10-18(4)11-16(19)7-9-17/h5-6H,7-8,10-11H2,1-4H3. The lowest BCUT2D eigenvalue weighted by molar-refractivity contribution is -0.118. The van der Waals surface area contributed by atoms with Crippen molar-refractivity contribution in [1.82, 2.24) is 4.90 Å². The zero-order valence-corrected chi connectivity index (χ0v) is 12.3. The minimum absolute atomic E-state index is 0.00695. The Bertz CT molecular complexity index is 500. The SMILES string of the molecule is Cc1ccc(CCN(C)CC(=O)CC#N)c(C)c1C. The van der Waals surface area contributed by atoms with E-state index in [0.29, 0.717) is 6.54 Å². The highest BCUT2D eigenvalue weighted by atomic mass is 16.1. The first kappa shape index (κ1) is 15.4. The molecule has 0 aliphatic rings. The summed E-state index contributed by atoms with van der Waals surface area (Å²) < 4.78 is 0. The molecule has 0 N–H and O–H groups in total. The monoisotopic (exact) mass is 258 g/mol. The van der Waals surface area contributed by atoms with Gasteiger partial charge in [-0.05, 0) is 56.5 Å². The molecule has 1 rings (SSSR count). The molecule has 0 spiro atoms. The number of nitriles is 1. The van der Waals surface area contributed by atoms with E-state index in [1.54, 1.807) is 0 Å². The fraction of sp³-hybridized carbons (Fsp3) is 0.500. The molecule has 3 heteroatoms. The van der Waals surface area contributed by atoms with Crippen molar-refractivity contribution in [2.24, 2.45) is 0 Å². The molecule has 1 aromatic rings. The van der Waals surface area contributed by atoms with Crippen molar-refractivity contribution in [1.29, 1.82) is 5.26 Å². The molecule has 0 aliphatic heterocycles. The molecule has 0 unspecified atom stereocenters. The predicted octanol–water partition coefficient (Wildman–Crippen LogP) is 2.57. The number of ketones is 1. The van der Waals surface area contributed by atoms with Crippen LogP contribution >= 0.6 is 0 Å². The molecule has 3 nitrogen and oxygen atoms in total. The summed E-state index contributed by atoms with van der Waals surface area (Å²) in [7, 11) is 1.92. The Kier molecular flexibility index (Phi) is 5.72. The van der Waals surface area contributed by atoms with E-state index in [0.717, 1.165) is 13.0 Å². The van der Waals surface area contributed by atoms with E-state index in [9.17, 15) is 4.79 Å². The van der Waals surface area contributed by atoms with Gasteiger partial charge < -0.3 is 0 Å². The second kappa shape index (κ2) is 7.06. The van der Waals surface area contributed by atoms with Crippen molar-refractivity contribution in [2.45, 2.75) is 33.6 Å². The normalized spacial score (nSPS) is 10.5. The molecular weight excluding hydrogens is 236 g/mol. The van der Waals surface area contributed by atoms with Gasteiger partial charge in [-0.2, -0.15) is 5.26 Å². The van der Waals surface area contributed by atoms with Crippen LogP contribution in [0.4, 0.5) is 0 Å². The summed E-state index contributed by atoms with van der Waals surface area (Å²) in [5.41, 5.74) is 5.35. The maximum atomic E-state index is 11.4. The maximum absolute atomic E-state index is 11.4. The number of nitrogens with zero attached hydrogens (tertiary/aromatic N) is 2. The molecule has 1 aromatic carbocycles. The summed E-state index contributed by atoms with van der Waals surface area (Å²) in [4.78, 5) is 13.3. The van der Waals surface area contributed by atoms with Crippen LogP contribution in [0.3, 0.4) is 0 Å². The van der Waals surface area contributed by atoms with Crippen LogP contribution in [0.5, 0.6) is 0 Å². The minimum Gasteiger partial charge on any atom is -0.299 e. The van der Waals surface area contributed by atoms with Gasteiger partial charge in [0.2, 0.25) is 0 Å². The highest BCUT2D eigenvalue weighted by Gasteiger charge is 2.08. The molecule has 0 atom stereocenters. The van der Waals surface area contributed by atoms with Gasteiger partial charge in [-0.25, -0.2) is 0 Å². The number of likely N-dealkylation sites (N-methyl/N-ethyl adjacent to an activating group) is 1. The highest BCUT2D eigenvalue weighted by Crippen LogP contribution is 2.17. The van der Waals surface area contributed by atoms with Crippen LogP contribution in [0, 0.1) is 32.1 Å². The van der Waals surface area contributed by atoms with Gasteiger partial charge in [-0.3, -0.25) is 9.69 Å². The van der Waals surface area contributed by atoms with Crippen LogP contribution in [-0.4, -0.2) is 30.8 Å². The first-order chi connectivity index (χ1) is 8.95. The van der Waals surface area contributed by atoms with Crippen LogP contribution in [-0.2, 0) is 11.2 Å². The lowest BCUT2D eigenvalue weighted by Gasteiger charge is -2.17. The van der Waals surface area contributed by atoms with E-state index in [4.69, 9.17) is 5.26 Å². The van der Waals surface area contributed by atoms with Crippen LogP contribution in [0.1, 0.15) is 28.7 Å². The van der Waals surface area contributed by atoms with E-state index in [2.05, 4.69) is 32.9 Å². The third-order valence-electron chi connectivity index (χ3n) is 3.66. The molecule has 19 heavy (non-hydrogen) atoms. The fourth-order valence-corrected chi connectivity index (χ4v) is 2.12. The van der Waals surface area contributed by atoms with Crippen molar-refractivity contribution in [2.75, 3.05) is 20.1 Å². The maximum Gasteiger partial charge on any atom is 0.160 e. The van der Waals surface area contributed by atoms with E-state index in [1.165, 1.54) is 22.3 Å². The van der Waals surface area contributed by atoms with Crippen molar-refractivity contribution < 1.29 is 4.79 Å². The predicted molar refractivity (Wildman–Crippen MR) is 77.1 cm³/mol. The van der Waals surface area contributed by atoms with Crippen molar-refractivity contribution in [3.63, 3.8) is 0 Å². The van der Waals surface area contributed by atoms with Crippen LogP contribution in [0.15, 0.2) is 12.1 Å².